The molecule has 2 aliphatic rings. The van der Waals surface area contributed by atoms with Crippen molar-refractivity contribution in [3.63, 3.8) is 0 Å². The van der Waals surface area contributed by atoms with Gasteiger partial charge in [-0.25, -0.2) is 0 Å². The smallest absolute Gasteiger partial charge is 0.269 e. The Morgan fingerprint density at radius 3 is 2.41 bits per heavy atom. The number of nitrogens with zero attached hydrogens (tertiary/aromatic N) is 1. The van der Waals surface area contributed by atoms with E-state index in [1.54, 1.807) is 21.3 Å². The van der Waals surface area contributed by atoms with Gasteiger partial charge in [0.15, 0.2) is 11.5 Å². The lowest BCUT2D eigenvalue weighted by atomic mass is 9.73. The van der Waals surface area contributed by atoms with Crippen LogP contribution in [0.1, 0.15) is 36.8 Å². The van der Waals surface area contributed by atoms with E-state index in [0.717, 1.165) is 18.4 Å². The first-order valence-corrected chi connectivity index (χ1v) is 7.68. The van der Waals surface area contributed by atoms with Crippen LogP contribution in [-0.4, -0.2) is 39.4 Å². The van der Waals surface area contributed by atoms with Gasteiger partial charge in [-0.2, -0.15) is 0 Å². The average molecular weight is 302 g/mol. The van der Waals surface area contributed by atoms with Crippen molar-refractivity contribution in [3.05, 3.63) is 23.3 Å². The number of hydrogen-bond donors (Lipinski definition) is 1. The summed E-state index contributed by atoms with van der Waals surface area (Å²) in [5.74, 6) is 1.19. The van der Waals surface area contributed by atoms with Crippen molar-refractivity contribution in [1.82, 2.24) is 5.32 Å². The maximum atomic E-state index is 12.2. The molecule has 0 saturated heterocycles. The Kier molecular flexibility index (Phi) is 3.81. The zero-order valence-electron chi connectivity index (χ0n) is 13.4. The molecule has 5 nitrogen and oxygen atoms in total. The van der Waals surface area contributed by atoms with E-state index in [-0.39, 0.29) is 11.3 Å². The minimum Gasteiger partial charge on any atom is -0.493 e. The highest BCUT2D eigenvalue weighted by Gasteiger charge is 2.42. The summed E-state index contributed by atoms with van der Waals surface area (Å²) in [6.45, 7) is 0.679. The number of rotatable bonds is 3. The lowest BCUT2D eigenvalue weighted by molar-refractivity contribution is -0.114. The van der Waals surface area contributed by atoms with E-state index >= 15 is 0 Å². The largest absolute Gasteiger partial charge is 0.493 e. The van der Waals surface area contributed by atoms with Crippen molar-refractivity contribution in [3.8, 4) is 11.5 Å². The van der Waals surface area contributed by atoms with Gasteiger partial charge in [-0.3, -0.25) is 9.79 Å². The highest BCUT2D eigenvalue weighted by Crippen LogP contribution is 2.47. The maximum absolute atomic E-state index is 12.2. The summed E-state index contributed by atoms with van der Waals surface area (Å²) in [7, 11) is 4.88. The van der Waals surface area contributed by atoms with Crippen molar-refractivity contribution < 1.29 is 14.3 Å². The number of fused-ring (bicyclic) bond motifs is 2. The summed E-state index contributed by atoms with van der Waals surface area (Å²) in [6, 6.07) is 3.93. The van der Waals surface area contributed by atoms with Gasteiger partial charge in [0.1, 0.15) is 5.71 Å². The Balaban J connectivity index is 2.20. The minimum absolute atomic E-state index is 0.0480. The van der Waals surface area contributed by atoms with E-state index < -0.39 is 0 Å². The zero-order chi connectivity index (χ0) is 15.7. The Morgan fingerprint density at radius 2 is 1.82 bits per heavy atom. The number of ether oxygens (including phenoxy) is 2. The van der Waals surface area contributed by atoms with E-state index in [4.69, 9.17) is 9.47 Å². The van der Waals surface area contributed by atoms with Crippen LogP contribution in [0.4, 0.5) is 0 Å². The number of amides is 1. The summed E-state index contributed by atoms with van der Waals surface area (Å²) in [4.78, 5) is 16.8. The van der Waals surface area contributed by atoms with Gasteiger partial charge >= 0.3 is 0 Å². The van der Waals surface area contributed by atoms with Crippen molar-refractivity contribution in [2.45, 2.75) is 31.1 Å². The van der Waals surface area contributed by atoms with Gasteiger partial charge in [-0.15, -0.1) is 0 Å². The van der Waals surface area contributed by atoms with Gasteiger partial charge in [-0.05, 0) is 30.5 Å². The molecule has 1 fully saturated rings. The normalized spacial score (nSPS) is 18.6. The number of hydrogen-bond acceptors (Lipinski definition) is 4. The second-order valence-corrected chi connectivity index (χ2v) is 5.98. The third-order valence-corrected chi connectivity index (χ3v) is 4.89. The second kappa shape index (κ2) is 5.63. The predicted molar refractivity (Wildman–Crippen MR) is 85.2 cm³/mol. The van der Waals surface area contributed by atoms with Gasteiger partial charge in [0.2, 0.25) is 0 Å². The lowest BCUT2D eigenvalue weighted by Gasteiger charge is -2.34. The molecule has 22 heavy (non-hydrogen) atoms. The van der Waals surface area contributed by atoms with Crippen LogP contribution in [0.2, 0.25) is 0 Å². The van der Waals surface area contributed by atoms with E-state index in [1.807, 2.05) is 12.1 Å². The summed E-state index contributed by atoms with van der Waals surface area (Å²) in [6.07, 6.45) is 4.64. The van der Waals surface area contributed by atoms with Crippen molar-refractivity contribution in [2.75, 3.05) is 27.8 Å². The molecule has 1 amide bonds. The number of methoxy groups -OCH3 is 2. The zero-order valence-corrected chi connectivity index (χ0v) is 13.4. The van der Waals surface area contributed by atoms with Crippen LogP contribution in [0.25, 0.3) is 0 Å². The van der Waals surface area contributed by atoms with Crippen molar-refractivity contribution in [2.24, 2.45) is 4.99 Å². The fourth-order valence-corrected chi connectivity index (χ4v) is 3.71. The summed E-state index contributed by atoms with van der Waals surface area (Å²) >= 11 is 0. The van der Waals surface area contributed by atoms with Gasteiger partial charge in [-0.1, -0.05) is 12.8 Å². The number of likely N-dealkylation sites (N-methyl/N-ethyl adjacent to an activating group) is 1. The number of nitrogens with one attached hydrogen (secondary N) is 1. The standard InChI is InChI=1S/C17H22N2O3/c1-18-16(20)15-11-8-13(21-2)14(22-3)9-12(11)17(10-19-15)6-4-5-7-17/h8-9H,4-7,10H2,1-3H3,(H,18,20). The molecule has 0 aromatic heterocycles. The molecule has 0 atom stereocenters. The molecule has 0 bridgehead atoms. The first kappa shape index (κ1) is 14.9. The average Bonchev–Trinajstić information content (AvgIpc) is 3.03. The monoisotopic (exact) mass is 302 g/mol. The topological polar surface area (TPSA) is 59.9 Å². The molecule has 0 unspecified atom stereocenters. The van der Waals surface area contributed by atoms with Crippen LogP contribution in [0, 0.1) is 0 Å². The molecule has 1 saturated carbocycles. The molecule has 1 aromatic carbocycles. The number of aliphatic imine (C=N–C) groups is 1. The predicted octanol–water partition coefficient (Wildman–Crippen LogP) is 2.06. The number of carbonyl (C=O) groups excluding carboxylic acids is 1. The molecular weight excluding hydrogens is 280 g/mol. The molecule has 5 heteroatoms. The van der Waals surface area contributed by atoms with E-state index in [1.165, 1.54) is 18.4 Å². The Labute approximate surface area is 130 Å². The fraction of sp³-hybridized carbons (Fsp3) is 0.529. The molecule has 0 radical (unpaired) electrons. The molecule has 3 rings (SSSR count). The molecule has 1 N–H and O–H groups in total. The molecule has 1 aliphatic carbocycles. The molecule has 1 aromatic rings. The number of benzene rings is 1. The molecule has 1 heterocycles. The third kappa shape index (κ3) is 2.16. The Morgan fingerprint density at radius 1 is 1.18 bits per heavy atom. The highest BCUT2D eigenvalue weighted by molar-refractivity contribution is 6.46. The summed E-state index contributed by atoms with van der Waals surface area (Å²) < 4.78 is 10.9. The molecule has 118 valence electrons. The van der Waals surface area contributed by atoms with E-state index in [9.17, 15) is 4.79 Å². The summed E-state index contributed by atoms with van der Waals surface area (Å²) in [5, 5.41) is 2.68. The van der Waals surface area contributed by atoms with Crippen LogP contribution in [-0.2, 0) is 10.2 Å². The highest BCUT2D eigenvalue weighted by atomic mass is 16.5. The van der Waals surface area contributed by atoms with E-state index in [0.29, 0.717) is 23.8 Å². The van der Waals surface area contributed by atoms with Gasteiger partial charge in [0, 0.05) is 24.6 Å². The van der Waals surface area contributed by atoms with Crippen LogP contribution >= 0.6 is 0 Å². The molecule has 1 spiro atoms. The fourth-order valence-electron chi connectivity index (χ4n) is 3.71. The maximum Gasteiger partial charge on any atom is 0.269 e. The SMILES string of the molecule is CNC(=O)C1=NCC2(CCCC2)c2cc(OC)c(OC)cc21. The quantitative estimate of drug-likeness (QED) is 0.930. The van der Waals surface area contributed by atoms with Crippen LogP contribution in [0.3, 0.4) is 0 Å². The van der Waals surface area contributed by atoms with Crippen LogP contribution < -0.4 is 14.8 Å². The first-order chi connectivity index (χ1) is 10.6. The third-order valence-electron chi connectivity index (χ3n) is 4.89. The van der Waals surface area contributed by atoms with Crippen LogP contribution in [0.5, 0.6) is 11.5 Å². The van der Waals surface area contributed by atoms with Gasteiger partial charge in [0.05, 0.1) is 14.2 Å². The van der Waals surface area contributed by atoms with Crippen molar-refractivity contribution >= 4 is 11.6 Å². The van der Waals surface area contributed by atoms with Gasteiger partial charge in [0.25, 0.3) is 5.91 Å². The first-order valence-electron chi connectivity index (χ1n) is 7.68. The van der Waals surface area contributed by atoms with E-state index in [2.05, 4.69) is 10.3 Å². The van der Waals surface area contributed by atoms with Crippen LogP contribution in [0.15, 0.2) is 17.1 Å². The van der Waals surface area contributed by atoms with Crippen molar-refractivity contribution in [1.29, 1.82) is 0 Å². The molecule has 1 aliphatic heterocycles. The number of carbonyl (C=O) groups is 1. The Hall–Kier alpha value is -2.04. The summed E-state index contributed by atoms with van der Waals surface area (Å²) in [5.41, 5.74) is 2.60. The Bertz CT molecular complexity index is 631. The minimum atomic E-state index is -0.152. The second-order valence-electron chi connectivity index (χ2n) is 5.98. The molecular formula is C17H22N2O3. The lowest BCUT2D eigenvalue weighted by Crippen LogP contribution is -2.38. The van der Waals surface area contributed by atoms with Gasteiger partial charge < -0.3 is 14.8 Å².